The Labute approximate surface area is 168 Å². The van der Waals surface area contributed by atoms with Gasteiger partial charge in [0, 0.05) is 12.5 Å². The van der Waals surface area contributed by atoms with Gasteiger partial charge in [-0.25, -0.2) is 0 Å². The Morgan fingerprint density at radius 1 is 0.815 bits per heavy atom. The van der Waals surface area contributed by atoms with Gasteiger partial charge < -0.3 is 10.2 Å². The molecule has 158 valence electrons. The minimum absolute atomic E-state index is 0.0924. The van der Waals surface area contributed by atoms with E-state index in [1.54, 1.807) is 0 Å². The van der Waals surface area contributed by atoms with Crippen molar-refractivity contribution >= 4 is 0 Å². The van der Waals surface area contributed by atoms with E-state index in [0.29, 0.717) is 12.5 Å². The third-order valence-electron chi connectivity index (χ3n) is 7.18. The number of rotatable bonds is 15. The van der Waals surface area contributed by atoms with Crippen LogP contribution in [0, 0.1) is 23.7 Å². The van der Waals surface area contributed by atoms with Gasteiger partial charge in [0.2, 0.25) is 0 Å². The maximum atomic E-state index is 10.5. The van der Waals surface area contributed by atoms with Gasteiger partial charge in [0.25, 0.3) is 0 Å². The lowest BCUT2D eigenvalue weighted by atomic mass is 9.89. The molecule has 0 radical (unpaired) electrons. The summed E-state index contributed by atoms with van der Waals surface area (Å²) in [5.74, 6) is 2.79. The molecule has 2 rings (SSSR count). The molecule has 3 unspecified atom stereocenters. The molecule has 2 N–H and O–H groups in total. The van der Waals surface area contributed by atoms with Crippen molar-refractivity contribution in [1.82, 2.24) is 0 Å². The Balaban J connectivity index is 1.58. The molecule has 0 saturated heterocycles. The average Bonchev–Trinajstić information content (AvgIpc) is 3.17. The van der Waals surface area contributed by atoms with Crippen molar-refractivity contribution < 1.29 is 10.2 Å². The first-order valence-corrected chi connectivity index (χ1v) is 12.2. The molecule has 0 bridgehead atoms. The van der Waals surface area contributed by atoms with Gasteiger partial charge in [-0.05, 0) is 56.3 Å². The third-order valence-corrected chi connectivity index (χ3v) is 7.18. The topological polar surface area (TPSA) is 40.5 Å². The molecule has 0 aliphatic heterocycles. The van der Waals surface area contributed by atoms with E-state index in [1.807, 2.05) is 0 Å². The summed E-state index contributed by atoms with van der Waals surface area (Å²) in [6, 6.07) is 0. The van der Waals surface area contributed by atoms with Gasteiger partial charge in [0.05, 0.1) is 6.10 Å². The van der Waals surface area contributed by atoms with Crippen molar-refractivity contribution in [2.24, 2.45) is 23.7 Å². The van der Waals surface area contributed by atoms with Crippen LogP contribution in [-0.2, 0) is 0 Å². The summed E-state index contributed by atoms with van der Waals surface area (Å²) in [4.78, 5) is 0. The van der Waals surface area contributed by atoms with Gasteiger partial charge in [0.15, 0.2) is 0 Å². The van der Waals surface area contributed by atoms with Gasteiger partial charge in [0.1, 0.15) is 0 Å². The molecular formula is C25H46O2. The first kappa shape index (κ1) is 22.9. The number of fused-ring (bicyclic) bond motifs is 1. The van der Waals surface area contributed by atoms with Crippen LogP contribution in [0.25, 0.3) is 0 Å². The highest BCUT2D eigenvalue weighted by molar-refractivity contribution is 5.05. The lowest BCUT2D eigenvalue weighted by Gasteiger charge is -2.18. The van der Waals surface area contributed by atoms with Gasteiger partial charge >= 0.3 is 0 Å². The number of aliphatic hydroxyl groups excluding tert-OH is 2. The second kappa shape index (κ2) is 13.8. The predicted octanol–water partition coefficient (Wildman–Crippen LogP) is 6.65. The van der Waals surface area contributed by atoms with Gasteiger partial charge in [-0.1, -0.05) is 83.3 Å². The largest absolute Gasteiger partial charge is 0.396 e. The van der Waals surface area contributed by atoms with Crippen LogP contribution in [0.2, 0.25) is 0 Å². The fraction of sp³-hybridized carbons (Fsp3) is 0.920. The van der Waals surface area contributed by atoms with Crippen molar-refractivity contribution in [3.8, 4) is 0 Å². The van der Waals surface area contributed by atoms with Crippen LogP contribution >= 0.6 is 0 Å². The summed E-state index contributed by atoms with van der Waals surface area (Å²) >= 11 is 0. The lowest BCUT2D eigenvalue weighted by Crippen LogP contribution is -2.17. The van der Waals surface area contributed by atoms with Crippen LogP contribution in [0.15, 0.2) is 12.2 Å². The summed E-state index contributed by atoms with van der Waals surface area (Å²) in [5, 5.41) is 19.4. The molecule has 0 aromatic heterocycles. The Morgan fingerprint density at radius 2 is 1.52 bits per heavy atom. The highest BCUT2D eigenvalue weighted by atomic mass is 16.3. The first-order chi connectivity index (χ1) is 13.3. The highest BCUT2D eigenvalue weighted by Gasteiger charge is 2.46. The zero-order valence-electron chi connectivity index (χ0n) is 18.0. The molecule has 2 aliphatic rings. The van der Waals surface area contributed by atoms with Crippen molar-refractivity contribution in [2.45, 2.75) is 116 Å². The van der Waals surface area contributed by atoms with Crippen LogP contribution in [0.5, 0.6) is 0 Å². The maximum absolute atomic E-state index is 10.5. The zero-order chi connectivity index (χ0) is 19.3. The molecule has 0 aromatic carbocycles. The van der Waals surface area contributed by atoms with E-state index >= 15 is 0 Å². The molecule has 2 saturated carbocycles. The molecule has 2 nitrogen and oxygen atoms in total. The van der Waals surface area contributed by atoms with Crippen molar-refractivity contribution in [2.75, 3.05) is 6.61 Å². The standard InChI is InChI=1S/C25H46O2/c1-2-3-4-5-6-7-8-9-10-13-16-23-24-19-21(15-12-11-14-17-26)18-22(24)20-25(23)27/h13,16,21-27H,2-12,14-15,17-20H2,1H3/b16-13+/t21?,22?,23-,24?,25-/m1/s1. The first-order valence-electron chi connectivity index (χ1n) is 12.2. The van der Waals surface area contributed by atoms with Crippen LogP contribution in [0.3, 0.4) is 0 Å². The van der Waals surface area contributed by atoms with Crippen LogP contribution in [0.4, 0.5) is 0 Å². The molecule has 5 atom stereocenters. The summed E-state index contributed by atoms with van der Waals surface area (Å²) in [6.45, 7) is 2.62. The summed E-state index contributed by atoms with van der Waals surface area (Å²) in [7, 11) is 0. The molecule has 2 fully saturated rings. The molecule has 27 heavy (non-hydrogen) atoms. The lowest BCUT2D eigenvalue weighted by molar-refractivity contribution is 0.134. The average molecular weight is 379 g/mol. The molecule has 0 amide bonds. The van der Waals surface area contributed by atoms with Gasteiger partial charge in [-0.3, -0.25) is 0 Å². The minimum atomic E-state index is -0.0924. The second-order valence-corrected chi connectivity index (χ2v) is 9.41. The summed E-state index contributed by atoms with van der Waals surface area (Å²) in [6.07, 6.45) is 25.4. The summed E-state index contributed by atoms with van der Waals surface area (Å²) < 4.78 is 0. The van der Waals surface area contributed by atoms with Gasteiger partial charge in [-0.2, -0.15) is 0 Å². The molecule has 2 heteroatoms. The molecule has 2 aliphatic carbocycles. The Hall–Kier alpha value is -0.340. The molecule has 0 spiro atoms. The number of hydrogen-bond donors (Lipinski definition) is 2. The fourth-order valence-electron chi connectivity index (χ4n) is 5.65. The van der Waals surface area contributed by atoms with Crippen LogP contribution < -0.4 is 0 Å². The Bertz CT molecular complexity index is 392. The van der Waals surface area contributed by atoms with Crippen LogP contribution in [0.1, 0.15) is 110 Å². The second-order valence-electron chi connectivity index (χ2n) is 9.41. The highest BCUT2D eigenvalue weighted by Crippen LogP contribution is 2.51. The summed E-state index contributed by atoms with van der Waals surface area (Å²) in [5.41, 5.74) is 0. The maximum Gasteiger partial charge on any atom is 0.0608 e. The third kappa shape index (κ3) is 8.28. The fourth-order valence-corrected chi connectivity index (χ4v) is 5.65. The zero-order valence-corrected chi connectivity index (χ0v) is 18.0. The number of allylic oxidation sites excluding steroid dienone is 1. The minimum Gasteiger partial charge on any atom is -0.396 e. The van der Waals surface area contributed by atoms with E-state index in [2.05, 4.69) is 19.1 Å². The number of aliphatic hydroxyl groups is 2. The smallest absolute Gasteiger partial charge is 0.0608 e. The number of unbranched alkanes of at least 4 members (excludes halogenated alkanes) is 10. The van der Waals surface area contributed by atoms with E-state index < -0.39 is 0 Å². The van der Waals surface area contributed by atoms with E-state index in [4.69, 9.17) is 5.11 Å². The normalized spacial score (nSPS) is 30.4. The predicted molar refractivity (Wildman–Crippen MR) is 116 cm³/mol. The van der Waals surface area contributed by atoms with Crippen LogP contribution in [-0.4, -0.2) is 22.9 Å². The van der Waals surface area contributed by atoms with Gasteiger partial charge in [-0.15, -0.1) is 0 Å². The monoisotopic (exact) mass is 378 g/mol. The quantitative estimate of drug-likeness (QED) is 0.247. The van der Waals surface area contributed by atoms with Crippen molar-refractivity contribution in [3.63, 3.8) is 0 Å². The van der Waals surface area contributed by atoms with Crippen molar-refractivity contribution in [1.29, 1.82) is 0 Å². The van der Waals surface area contributed by atoms with E-state index in [0.717, 1.165) is 30.6 Å². The Kier molecular flexibility index (Phi) is 11.7. The van der Waals surface area contributed by atoms with E-state index in [1.165, 1.54) is 89.9 Å². The molecular weight excluding hydrogens is 332 g/mol. The molecule has 0 aromatic rings. The van der Waals surface area contributed by atoms with Crippen molar-refractivity contribution in [3.05, 3.63) is 12.2 Å². The number of hydrogen-bond acceptors (Lipinski definition) is 2. The SMILES string of the molecule is CCCCCCCCCC/C=C/[C@@H]1C2CC(CCCCCO)CC2C[C@H]1O. The van der Waals surface area contributed by atoms with E-state index in [-0.39, 0.29) is 6.10 Å². The van der Waals surface area contributed by atoms with E-state index in [9.17, 15) is 5.11 Å². The Morgan fingerprint density at radius 3 is 2.26 bits per heavy atom. The molecule has 0 heterocycles.